The van der Waals surface area contributed by atoms with E-state index in [1.54, 1.807) is 24.3 Å². The summed E-state index contributed by atoms with van der Waals surface area (Å²) in [5, 5.41) is 13.8. The molecule has 1 aliphatic rings. The monoisotopic (exact) mass is 701 g/mol. The van der Waals surface area contributed by atoms with E-state index in [0.717, 1.165) is 45.9 Å². The first-order valence-electron chi connectivity index (χ1n) is 16.3. The number of nitriles is 1. The maximum Gasteiger partial charge on any atom is 0.255 e. The zero-order valence-electron chi connectivity index (χ0n) is 28.2. The van der Waals surface area contributed by atoms with Gasteiger partial charge in [0.15, 0.2) is 0 Å². The fourth-order valence-electron chi connectivity index (χ4n) is 7.04. The number of amides is 1. The summed E-state index contributed by atoms with van der Waals surface area (Å²) in [6, 6.07) is 22.4. The van der Waals surface area contributed by atoms with Gasteiger partial charge in [-0.05, 0) is 66.6 Å². The number of pyridine rings is 1. The molecule has 13 heteroatoms. The van der Waals surface area contributed by atoms with Gasteiger partial charge in [0.2, 0.25) is 10.0 Å². The van der Waals surface area contributed by atoms with Crippen LogP contribution in [0.3, 0.4) is 0 Å². The summed E-state index contributed by atoms with van der Waals surface area (Å²) in [6.45, 7) is 4.77. The van der Waals surface area contributed by atoms with Crippen molar-refractivity contribution in [3.63, 3.8) is 0 Å². The minimum Gasteiger partial charge on any atom is -0.455 e. The number of nitrogens with one attached hydrogen (secondary N) is 1. The second kappa shape index (κ2) is 11.9. The maximum absolute atomic E-state index is 13.8. The summed E-state index contributed by atoms with van der Waals surface area (Å²) in [7, 11) is -0.823. The van der Waals surface area contributed by atoms with Gasteiger partial charge in [0.05, 0.1) is 57.9 Å². The summed E-state index contributed by atoms with van der Waals surface area (Å²) >= 11 is 0. The smallest absolute Gasteiger partial charge is 0.255 e. The number of nitrogens with zero attached hydrogens (tertiary/aromatic N) is 6. The fourth-order valence-corrected chi connectivity index (χ4v) is 7.55. The van der Waals surface area contributed by atoms with Gasteiger partial charge in [0.1, 0.15) is 28.5 Å². The molecular formula is C38H32FN7O4S. The van der Waals surface area contributed by atoms with E-state index in [4.69, 9.17) is 14.4 Å². The molecule has 7 aromatic rings. The van der Waals surface area contributed by atoms with E-state index in [0.29, 0.717) is 51.3 Å². The average Bonchev–Trinajstić information content (AvgIpc) is 3.69. The number of hydrogen-bond acceptors (Lipinski definition) is 8. The number of aromatic nitrogens is 3. The molecule has 3 aromatic carbocycles. The van der Waals surface area contributed by atoms with Crippen molar-refractivity contribution in [1.29, 1.82) is 5.26 Å². The van der Waals surface area contributed by atoms with Crippen LogP contribution in [-0.2, 0) is 16.6 Å². The Kier molecular flexibility index (Phi) is 7.55. The van der Waals surface area contributed by atoms with Gasteiger partial charge in [-0.15, -0.1) is 0 Å². The Hall–Kier alpha value is -5.84. The van der Waals surface area contributed by atoms with E-state index in [9.17, 15) is 22.9 Å². The van der Waals surface area contributed by atoms with Crippen LogP contribution in [0.4, 0.5) is 10.1 Å². The summed E-state index contributed by atoms with van der Waals surface area (Å²) in [4.78, 5) is 25.9. The third-order valence-electron chi connectivity index (χ3n) is 9.57. The molecule has 0 unspecified atom stereocenters. The molecule has 0 spiro atoms. The largest absolute Gasteiger partial charge is 0.455 e. The van der Waals surface area contributed by atoms with Crippen molar-refractivity contribution in [1.82, 2.24) is 24.6 Å². The highest BCUT2D eigenvalue weighted by Gasteiger charge is 2.28. The number of fused-ring (bicyclic) bond motifs is 6. The second-order valence-corrected chi connectivity index (χ2v) is 15.1. The lowest BCUT2D eigenvalue weighted by Gasteiger charge is -2.36. The van der Waals surface area contributed by atoms with Crippen molar-refractivity contribution in [2.45, 2.75) is 13.5 Å². The predicted molar refractivity (Wildman–Crippen MR) is 194 cm³/mol. The third-order valence-corrected chi connectivity index (χ3v) is 10.8. The van der Waals surface area contributed by atoms with Crippen LogP contribution < -0.4 is 9.62 Å². The molecular weight excluding hydrogens is 670 g/mol. The van der Waals surface area contributed by atoms with Crippen LogP contribution in [0, 0.1) is 23.1 Å². The summed E-state index contributed by atoms with van der Waals surface area (Å²) in [5.41, 5.74) is 5.43. The first kappa shape index (κ1) is 32.4. The highest BCUT2D eigenvalue weighted by Crippen LogP contribution is 2.42. The Morgan fingerprint density at radius 2 is 1.82 bits per heavy atom. The standard InChI is InChI=1S/C38H32FN7O4S/c1-21-18-45(19-21)20-34-42-29-13-12-28(43-36(29)32-15-25-23(17-40)6-5-7-30(25)46(32)34)26-14-27-33(16-31(26)44(3)51(4,48)49)50-37(35(27)38(47)41-2)22-8-10-24(39)11-9-22/h5-16,21H,18-20H2,1-4H3,(H,41,47). The van der Waals surface area contributed by atoms with Gasteiger partial charge < -0.3 is 9.73 Å². The first-order chi connectivity index (χ1) is 24.4. The van der Waals surface area contributed by atoms with Crippen LogP contribution in [-0.4, -0.2) is 67.0 Å². The molecule has 0 saturated carbocycles. The van der Waals surface area contributed by atoms with Gasteiger partial charge in [-0.3, -0.25) is 18.4 Å². The van der Waals surface area contributed by atoms with E-state index in [-0.39, 0.29) is 22.6 Å². The number of carbonyl (C=O) groups is 1. The minimum atomic E-state index is -3.77. The van der Waals surface area contributed by atoms with E-state index in [1.165, 1.54) is 38.4 Å². The highest BCUT2D eigenvalue weighted by molar-refractivity contribution is 7.92. The zero-order chi connectivity index (χ0) is 35.8. The molecule has 8 rings (SSSR count). The van der Waals surface area contributed by atoms with Gasteiger partial charge in [0, 0.05) is 55.2 Å². The van der Waals surface area contributed by atoms with Crippen LogP contribution in [0.1, 0.15) is 28.7 Å². The van der Waals surface area contributed by atoms with Crippen LogP contribution in [0.15, 0.2) is 77.2 Å². The summed E-state index contributed by atoms with van der Waals surface area (Å²) in [6.07, 6.45) is 1.10. The number of sulfonamides is 1. The molecule has 0 atom stereocenters. The topological polar surface area (TPSA) is 137 Å². The molecule has 0 bridgehead atoms. The lowest BCUT2D eigenvalue weighted by molar-refractivity contribution is 0.0964. The average molecular weight is 702 g/mol. The quantitative estimate of drug-likeness (QED) is 0.204. The normalized spacial score (nSPS) is 14.0. The number of furan rings is 1. The molecule has 1 fully saturated rings. The molecule has 1 N–H and O–H groups in total. The van der Waals surface area contributed by atoms with Crippen molar-refractivity contribution in [2.24, 2.45) is 5.92 Å². The van der Waals surface area contributed by atoms with E-state index >= 15 is 0 Å². The number of benzene rings is 3. The summed E-state index contributed by atoms with van der Waals surface area (Å²) < 4.78 is 49.2. The van der Waals surface area contributed by atoms with Crippen LogP contribution in [0.2, 0.25) is 0 Å². The number of hydrogen-bond donors (Lipinski definition) is 1. The Labute approximate surface area is 292 Å². The van der Waals surface area contributed by atoms with E-state index in [2.05, 4.69) is 27.6 Å². The van der Waals surface area contributed by atoms with Crippen LogP contribution in [0.25, 0.3) is 61.0 Å². The molecule has 4 aromatic heterocycles. The number of halogens is 1. The van der Waals surface area contributed by atoms with Gasteiger partial charge in [-0.2, -0.15) is 5.26 Å². The van der Waals surface area contributed by atoms with E-state index in [1.807, 2.05) is 24.3 Å². The SMILES string of the molecule is CNC(=O)c1c(-c2ccc(F)cc2)oc2cc(N(C)S(C)(=O)=O)c(-c3ccc4nc(CN5CC(C)C5)n5c6cccc(C#N)c6cc5c4n3)cc12. The fraction of sp³-hybridized carbons (Fsp3) is 0.211. The van der Waals surface area contributed by atoms with Gasteiger partial charge in [-0.25, -0.2) is 22.8 Å². The molecule has 1 saturated heterocycles. The molecule has 5 heterocycles. The van der Waals surface area contributed by atoms with Gasteiger partial charge >= 0.3 is 0 Å². The first-order valence-corrected chi connectivity index (χ1v) is 18.2. The van der Waals surface area contributed by atoms with Crippen molar-refractivity contribution in [3.05, 3.63) is 95.6 Å². The van der Waals surface area contributed by atoms with Crippen LogP contribution in [0.5, 0.6) is 0 Å². The Balaban J connectivity index is 1.41. The number of anilines is 1. The number of carbonyl (C=O) groups excluding carboxylic acids is 1. The van der Waals surface area contributed by atoms with Crippen molar-refractivity contribution in [3.8, 4) is 28.7 Å². The number of likely N-dealkylation sites (tertiary alicyclic amines) is 1. The van der Waals surface area contributed by atoms with Gasteiger partial charge in [0.25, 0.3) is 5.91 Å². The summed E-state index contributed by atoms with van der Waals surface area (Å²) in [5.74, 6) is 0.773. The van der Waals surface area contributed by atoms with Crippen molar-refractivity contribution < 1.29 is 22.0 Å². The van der Waals surface area contributed by atoms with Crippen molar-refractivity contribution >= 4 is 60.0 Å². The molecule has 11 nitrogen and oxygen atoms in total. The minimum absolute atomic E-state index is 0.212. The molecule has 51 heavy (non-hydrogen) atoms. The Morgan fingerprint density at radius 3 is 2.51 bits per heavy atom. The van der Waals surface area contributed by atoms with E-state index < -0.39 is 21.7 Å². The Morgan fingerprint density at radius 1 is 1.06 bits per heavy atom. The lowest BCUT2D eigenvalue weighted by atomic mass is 10.0. The van der Waals surface area contributed by atoms with Gasteiger partial charge in [-0.1, -0.05) is 13.0 Å². The third kappa shape index (κ3) is 5.35. The molecule has 1 aliphatic heterocycles. The Bertz CT molecular complexity index is 2730. The molecule has 0 radical (unpaired) electrons. The highest BCUT2D eigenvalue weighted by atomic mass is 32.2. The second-order valence-electron chi connectivity index (χ2n) is 13.1. The lowest BCUT2D eigenvalue weighted by Crippen LogP contribution is -2.44. The van der Waals surface area contributed by atoms with Crippen molar-refractivity contribution in [2.75, 3.05) is 37.7 Å². The van der Waals surface area contributed by atoms with Crippen LogP contribution >= 0.6 is 0 Å². The maximum atomic E-state index is 13.8. The zero-order valence-corrected chi connectivity index (χ0v) is 29.0. The predicted octanol–water partition coefficient (Wildman–Crippen LogP) is 6.33. The molecule has 1 amide bonds. The number of rotatable bonds is 7. The molecule has 256 valence electrons. The molecule has 0 aliphatic carbocycles.